The van der Waals surface area contributed by atoms with Crippen molar-refractivity contribution in [3.05, 3.63) is 213 Å². The van der Waals surface area contributed by atoms with E-state index >= 15 is 0 Å². The third kappa shape index (κ3) is 8.88. The van der Waals surface area contributed by atoms with E-state index in [1.54, 1.807) is 12.1 Å². The predicted octanol–water partition coefficient (Wildman–Crippen LogP) is 2.44. The number of ether oxygens (including phenoxy) is 4. The normalized spacial score (nSPS) is 26.4. The number of aliphatic hydroxyl groups excluding tert-OH is 8. The number of hydrogen-bond donors (Lipinski definition) is 12. The summed E-state index contributed by atoms with van der Waals surface area (Å²) in [5.74, 6) is 0.642. The second kappa shape index (κ2) is 19.9. The van der Waals surface area contributed by atoms with E-state index in [-0.39, 0.29) is 0 Å². The summed E-state index contributed by atoms with van der Waals surface area (Å²) in [7, 11) is 0. The van der Waals surface area contributed by atoms with E-state index in [2.05, 4.69) is 50.6 Å². The number of benzene rings is 4. The van der Waals surface area contributed by atoms with Crippen LogP contribution in [0.25, 0.3) is 22.3 Å². The first-order valence-electron chi connectivity index (χ1n) is 23.9. The molecule has 0 amide bonds. The van der Waals surface area contributed by atoms with Gasteiger partial charge in [0.05, 0.1) is 13.2 Å². The van der Waals surface area contributed by atoms with Crippen LogP contribution in [0.15, 0.2) is 157 Å². The lowest BCUT2D eigenvalue weighted by Gasteiger charge is -2.39. The lowest BCUT2D eigenvalue weighted by atomic mass is 9.98. The van der Waals surface area contributed by atoms with Crippen molar-refractivity contribution in [2.24, 2.45) is 0 Å². The summed E-state index contributed by atoms with van der Waals surface area (Å²) in [5, 5.41) is 88.8. The van der Waals surface area contributed by atoms with Crippen LogP contribution in [-0.4, -0.2) is 130 Å². The largest absolute Gasteiger partial charge is 0.462 e. The van der Waals surface area contributed by atoms with Crippen LogP contribution in [0.2, 0.25) is 0 Å². The number of rotatable bonds is 10. The molecule has 370 valence electrons. The van der Waals surface area contributed by atoms with Gasteiger partial charge in [0.1, 0.15) is 60.3 Å². The summed E-state index contributed by atoms with van der Waals surface area (Å²) in [6.07, 6.45) is -13.2. The Morgan fingerprint density at radius 2 is 0.792 bits per heavy atom. The number of aliphatic hydroxyl groups is 8. The van der Waals surface area contributed by atoms with Gasteiger partial charge in [0.25, 0.3) is 0 Å². The molecule has 7 aromatic rings. The molecule has 72 heavy (non-hydrogen) atoms. The number of aromatic nitrogens is 3. The Hall–Kier alpha value is -7.06. The molecule has 10 atom stereocenters. The quantitative estimate of drug-likeness (QED) is 0.0942. The molecule has 4 aliphatic rings. The molecule has 8 bridgehead atoms. The summed E-state index contributed by atoms with van der Waals surface area (Å²) in [6, 6.07) is 47.1. The lowest BCUT2D eigenvalue weighted by molar-refractivity contribution is -0.277. The van der Waals surface area contributed by atoms with E-state index in [9.17, 15) is 40.9 Å². The molecule has 16 nitrogen and oxygen atoms in total. The van der Waals surface area contributed by atoms with Gasteiger partial charge in [-0.05, 0) is 95.8 Å². The van der Waals surface area contributed by atoms with Gasteiger partial charge < -0.3 is 80.1 Å². The van der Waals surface area contributed by atoms with E-state index in [1.807, 2.05) is 103 Å². The highest BCUT2D eigenvalue weighted by atomic mass is 16.7. The fourth-order valence-electron chi connectivity index (χ4n) is 10.1. The Balaban J connectivity index is 1.09. The SMILES string of the molecule is OC[C@H]1O[C@@H](Oc2cccc(C3=C4CCC(=C(c5ccccc5)c5ccc([nH]5)C(c5cccc(OC6O[C@H](CO)[C@@H](O)[C@H](O)[C@H]6O)c5)=c5ccc([nH]5)=C(c5ccccc5)c5ccc3[nH]5)N4)c2)[C@H](O)[C@@H](O)[C@@H]1O. The van der Waals surface area contributed by atoms with Gasteiger partial charge in [-0.2, -0.15) is 0 Å². The molecule has 11 rings (SSSR count). The van der Waals surface area contributed by atoms with Gasteiger partial charge in [0, 0.05) is 67.2 Å². The maximum Gasteiger partial charge on any atom is 0.229 e. The molecule has 7 heterocycles. The summed E-state index contributed by atoms with van der Waals surface area (Å²) in [6.45, 7) is -1.17. The molecule has 4 aromatic carbocycles. The third-order valence-electron chi connectivity index (χ3n) is 13.8. The van der Waals surface area contributed by atoms with Gasteiger partial charge in [0.2, 0.25) is 12.6 Å². The zero-order chi connectivity index (χ0) is 49.6. The van der Waals surface area contributed by atoms with Gasteiger partial charge in [-0.3, -0.25) is 0 Å². The molecule has 3 fully saturated rings. The van der Waals surface area contributed by atoms with Crippen LogP contribution in [-0.2, 0) is 9.47 Å². The van der Waals surface area contributed by atoms with Crippen molar-refractivity contribution >= 4 is 22.3 Å². The summed E-state index contributed by atoms with van der Waals surface area (Å²) >= 11 is 0. The zero-order valence-electron chi connectivity index (χ0n) is 38.7. The number of nitrogens with one attached hydrogen (secondary N) is 4. The Kier molecular flexibility index (Phi) is 13.0. The number of hydrogen-bond acceptors (Lipinski definition) is 13. The highest BCUT2D eigenvalue weighted by molar-refractivity contribution is 5.88. The minimum absolute atomic E-state index is 0.314. The van der Waals surface area contributed by atoms with E-state index in [0.717, 1.165) is 89.4 Å². The molecule has 3 saturated heterocycles. The van der Waals surface area contributed by atoms with Gasteiger partial charge in [-0.1, -0.05) is 84.9 Å². The predicted molar refractivity (Wildman–Crippen MR) is 264 cm³/mol. The smallest absolute Gasteiger partial charge is 0.229 e. The van der Waals surface area contributed by atoms with E-state index in [4.69, 9.17) is 18.9 Å². The maximum atomic E-state index is 10.9. The summed E-state index contributed by atoms with van der Waals surface area (Å²) < 4.78 is 23.7. The first-order valence-corrected chi connectivity index (χ1v) is 23.9. The minimum atomic E-state index is -1.61. The molecule has 0 radical (unpaired) electrons. The van der Waals surface area contributed by atoms with Crippen molar-refractivity contribution in [3.63, 3.8) is 0 Å². The molecule has 12 N–H and O–H groups in total. The standard InChI is InChI=1S/C56H54N4O12/c61-27-43-49(63)51(65)53(67)55(71-43)69-33-15-7-13-31(25-33)47-39-21-17-35(57-39)45(29-9-3-1-4-10-29)36-18-22-40(58-36)48(32-14-8-16-34(26-32)70-56-54(68)52(66)50(64)44(28-62)72-56)42-24-20-38(60-42)46(30-11-5-2-6-12-30)37-19-23-41(47)59-37/h1-19,21-23,25-26,43-44,49-68H,20,24,27-28H2/t43-,44-,49-,50-,51+,52+,53-,54-,55?,56-/m1/s1. The monoisotopic (exact) mass is 974 g/mol. The van der Waals surface area contributed by atoms with Gasteiger partial charge >= 0.3 is 0 Å². The van der Waals surface area contributed by atoms with E-state index in [0.29, 0.717) is 24.3 Å². The lowest BCUT2D eigenvalue weighted by Crippen LogP contribution is -2.60. The fourth-order valence-corrected chi connectivity index (χ4v) is 10.1. The van der Waals surface area contributed by atoms with Gasteiger partial charge in [0.15, 0.2) is 0 Å². The molecule has 0 spiro atoms. The van der Waals surface area contributed by atoms with E-state index in [1.165, 1.54) is 0 Å². The highest BCUT2D eigenvalue weighted by Gasteiger charge is 2.46. The molecule has 3 aromatic heterocycles. The maximum absolute atomic E-state index is 10.9. The first kappa shape index (κ1) is 47.3. The van der Waals surface area contributed by atoms with Gasteiger partial charge in [-0.15, -0.1) is 0 Å². The Bertz CT molecular complexity index is 3270. The average Bonchev–Trinajstić information content (AvgIpc) is 4.26. The van der Waals surface area contributed by atoms with Crippen LogP contribution in [0.4, 0.5) is 0 Å². The zero-order valence-corrected chi connectivity index (χ0v) is 38.7. The summed E-state index contributed by atoms with van der Waals surface area (Å²) in [4.78, 5) is 11.3. The van der Waals surface area contributed by atoms with Crippen molar-refractivity contribution < 1.29 is 59.8 Å². The first-order chi connectivity index (χ1) is 35.1. The van der Waals surface area contributed by atoms with Crippen molar-refractivity contribution in [3.8, 4) is 11.5 Å². The van der Waals surface area contributed by atoms with Gasteiger partial charge in [-0.25, -0.2) is 0 Å². The molecule has 4 aliphatic heterocycles. The minimum Gasteiger partial charge on any atom is -0.462 e. The average molecular weight is 975 g/mol. The van der Waals surface area contributed by atoms with Crippen molar-refractivity contribution in [1.29, 1.82) is 0 Å². The van der Waals surface area contributed by atoms with Crippen LogP contribution >= 0.6 is 0 Å². The second-order valence-electron chi connectivity index (χ2n) is 18.4. The molecular weight excluding hydrogens is 921 g/mol. The Labute approximate surface area is 412 Å². The third-order valence-corrected chi connectivity index (χ3v) is 13.8. The molecule has 16 heteroatoms. The number of fused-ring (bicyclic) bond motifs is 8. The second-order valence-corrected chi connectivity index (χ2v) is 18.4. The van der Waals surface area contributed by atoms with Crippen LogP contribution in [0.5, 0.6) is 11.5 Å². The molecule has 0 aliphatic carbocycles. The van der Waals surface area contributed by atoms with Crippen LogP contribution < -0.4 is 25.5 Å². The van der Waals surface area contributed by atoms with Crippen molar-refractivity contribution in [2.75, 3.05) is 13.2 Å². The Morgan fingerprint density at radius 3 is 1.25 bits per heavy atom. The van der Waals surface area contributed by atoms with Crippen LogP contribution in [0.1, 0.15) is 57.9 Å². The number of allylic oxidation sites excluding steroid dienone is 2. The highest BCUT2D eigenvalue weighted by Crippen LogP contribution is 2.39. The van der Waals surface area contributed by atoms with Crippen LogP contribution in [0, 0.1) is 0 Å². The Morgan fingerprint density at radius 1 is 0.403 bits per heavy atom. The topological polar surface area (TPSA) is 258 Å². The molecule has 0 saturated carbocycles. The van der Waals surface area contributed by atoms with Crippen molar-refractivity contribution in [1.82, 2.24) is 20.3 Å². The van der Waals surface area contributed by atoms with E-state index < -0.39 is 74.6 Å². The van der Waals surface area contributed by atoms with Crippen molar-refractivity contribution in [2.45, 2.75) is 74.3 Å². The number of aromatic amines is 3. The number of H-pyrrole nitrogens is 3. The van der Waals surface area contributed by atoms with Crippen LogP contribution in [0.3, 0.4) is 0 Å². The molecule has 1 unspecified atom stereocenters. The summed E-state index contributed by atoms with van der Waals surface area (Å²) in [5.41, 5.74) is 12.1. The molecular formula is C56H54N4O12. The fraction of sp³-hybridized carbons (Fsp3) is 0.250.